The summed E-state index contributed by atoms with van der Waals surface area (Å²) in [5.74, 6) is 1.11. The van der Waals surface area contributed by atoms with E-state index < -0.39 is 4.92 Å². The van der Waals surface area contributed by atoms with Gasteiger partial charge in [-0.1, -0.05) is 30.3 Å². The lowest BCUT2D eigenvalue weighted by Crippen LogP contribution is -2.36. The Balaban J connectivity index is 1.55. The van der Waals surface area contributed by atoms with E-state index >= 15 is 0 Å². The van der Waals surface area contributed by atoms with E-state index in [0.29, 0.717) is 11.8 Å². The van der Waals surface area contributed by atoms with E-state index in [-0.39, 0.29) is 5.69 Å². The SMILES string of the molecule is O=[N+]([O-])c1cnn(CCN2CCS[C@H](c3ccccc3)C2)c1. The molecule has 0 bridgehead atoms. The van der Waals surface area contributed by atoms with Gasteiger partial charge in [0.2, 0.25) is 0 Å². The summed E-state index contributed by atoms with van der Waals surface area (Å²) < 4.78 is 1.65. The molecule has 0 saturated carbocycles. The number of aromatic nitrogens is 2. The third-order valence-electron chi connectivity index (χ3n) is 3.80. The second-order valence-electron chi connectivity index (χ2n) is 5.29. The molecule has 1 aromatic heterocycles. The average molecular weight is 318 g/mol. The molecule has 0 spiro atoms. The molecule has 6 nitrogen and oxygen atoms in total. The van der Waals surface area contributed by atoms with Gasteiger partial charge in [-0.2, -0.15) is 16.9 Å². The Morgan fingerprint density at radius 1 is 1.32 bits per heavy atom. The summed E-state index contributed by atoms with van der Waals surface area (Å²) in [6.45, 7) is 3.61. The van der Waals surface area contributed by atoms with Gasteiger partial charge in [-0.15, -0.1) is 0 Å². The minimum atomic E-state index is -0.410. The third kappa shape index (κ3) is 3.66. The van der Waals surface area contributed by atoms with Crippen molar-refractivity contribution in [3.8, 4) is 0 Å². The molecule has 22 heavy (non-hydrogen) atoms. The lowest BCUT2D eigenvalue weighted by molar-refractivity contribution is -0.385. The summed E-state index contributed by atoms with van der Waals surface area (Å²) in [5.41, 5.74) is 1.42. The Labute approximate surface area is 133 Å². The van der Waals surface area contributed by atoms with Crippen molar-refractivity contribution in [3.05, 3.63) is 58.4 Å². The second-order valence-corrected chi connectivity index (χ2v) is 6.60. The molecule has 0 N–H and O–H groups in total. The summed E-state index contributed by atoms with van der Waals surface area (Å²) in [7, 11) is 0. The molecule has 2 aromatic rings. The fraction of sp³-hybridized carbons (Fsp3) is 0.400. The van der Waals surface area contributed by atoms with Crippen molar-refractivity contribution in [2.45, 2.75) is 11.8 Å². The van der Waals surface area contributed by atoms with E-state index in [0.717, 1.165) is 25.4 Å². The molecular formula is C15H18N4O2S. The maximum absolute atomic E-state index is 10.7. The van der Waals surface area contributed by atoms with Gasteiger partial charge >= 0.3 is 5.69 Å². The molecule has 1 saturated heterocycles. The van der Waals surface area contributed by atoms with Crippen molar-refractivity contribution < 1.29 is 4.92 Å². The predicted molar refractivity (Wildman–Crippen MR) is 87.0 cm³/mol. The smallest absolute Gasteiger partial charge is 0.299 e. The number of thioether (sulfide) groups is 1. The van der Waals surface area contributed by atoms with Crippen molar-refractivity contribution in [1.29, 1.82) is 0 Å². The number of hydrogen-bond acceptors (Lipinski definition) is 5. The molecule has 3 rings (SSSR count). The van der Waals surface area contributed by atoms with E-state index in [1.54, 1.807) is 4.68 Å². The van der Waals surface area contributed by atoms with Gasteiger partial charge in [0.15, 0.2) is 0 Å². The Hall–Kier alpha value is -1.86. The van der Waals surface area contributed by atoms with Crippen LogP contribution in [0.2, 0.25) is 0 Å². The predicted octanol–water partition coefficient (Wildman–Crippen LogP) is 2.58. The molecule has 116 valence electrons. The third-order valence-corrected chi connectivity index (χ3v) is 5.04. The quantitative estimate of drug-likeness (QED) is 0.626. The molecule has 0 unspecified atom stereocenters. The summed E-state index contributed by atoms with van der Waals surface area (Å²) in [5, 5.41) is 15.2. The van der Waals surface area contributed by atoms with Crippen LogP contribution in [0.3, 0.4) is 0 Å². The Morgan fingerprint density at radius 2 is 2.14 bits per heavy atom. The Kier molecular flexibility index (Phi) is 4.74. The van der Waals surface area contributed by atoms with Gasteiger partial charge in [0, 0.05) is 30.6 Å². The van der Waals surface area contributed by atoms with E-state index in [1.165, 1.54) is 18.0 Å². The lowest BCUT2D eigenvalue weighted by Gasteiger charge is -2.32. The molecule has 0 amide bonds. The fourth-order valence-corrected chi connectivity index (χ4v) is 3.90. The van der Waals surface area contributed by atoms with Crippen LogP contribution < -0.4 is 0 Å². The summed E-state index contributed by atoms with van der Waals surface area (Å²) in [4.78, 5) is 12.7. The molecule has 1 aliphatic heterocycles. The number of rotatable bonds is 5. The zero-order valence-electron chi connectivity index (χ0n) is 12.2. The van der Waals surface area contributed by atoms with Crippen LogP contribution in [-0.4, -0.2) is 45.0 Å². The molecule has 1 aliphatic rings. The van der Waals surface area contributed by atoms with Crippen LogP contribution in [0.5, 0.6) is 0 Å². The van der Waals surface area contributed by atoms with Crippen molar-refractivity contribution in [2.24, 2.45) is 0 Å². The van der Waals surface area contributed by atoms with Crippen LogP contribution in [0.1, 0.15) is 10.8 Å². The maximum atomic E-state index is 10.7. The highest BCUT2D eigenvalue weighted by atomic mass is 32.2. The highest BCUT2D eigenvalue weighted by molar-refractivity contribution is 7.99. The van der Waals surface area contributed by atoms with E-state index in [2.05, 4.69) is 34.3 Å². The van der Waals surface area contributed by atoms with Crippen LogP contribution in [0.15, 0.2) is 42.7 Å². The number of hydrogen-bond donors (Lipinski definition) is 0. The average Bonchev–Trinajstić information content (AvgIpc) is 3.03. The van der Waals surface area contributed by atoms with Gasteiger partial charge in [-0.25, -0.2) is 0 Å². The first-order chi connectivity index (χ1) is 10.7. The zero-order chi connectivity index (χ0) is 15.4. The van der Waals surface area contributed by atoms with E-state index in [9.17, 15) is 10.1 Å². The highest BCUT2D eigenvalue weighted by Gasteiger charge is 2.21. The van der Waals surface area contributed by atoms with Crippen molar-refractivity contribution in [2.75, 3.05) is 25.4 Å². The van der Waals surface area contributed by atoms with Gasteiger partial charge in [-0.05, 0) is 5.56 Å². The number of nitro groups is 1. The normalized spacial score (nSPS) is 19.2. The number of nitrogens with zero attached hydrogens (tertiary/aromatic N) is 4. The molecule has 0 aliphatic carbocycles. The Bertz CT molecular complexity index is 631. The first kappa shape index (κ1) is 15.1. The largest absolute Gasteiger partial charge is 0.306 e. The molecule has 2 heterocycles. The molecule has 0 radical (unpaired) electrons. The summed E-state index contributed by atoms with van der Waals surface area (Å²) in [6.07, 6.45) is 2.80. The van der Waals surface area contributed by atoms with Gasteiger partial charge in [-0.3, -0.25) is 19.7 Å². The standard InChI is InChI=1S/C15H18N4O2S/c20-19(21)14-10-16-18(11-14)7-6-17-8-9-22-15(12-17)13-4-2-1-3-5-13/h1-5,10-11,15H,6-9,12H2/t15-/m0/s1. The zero-order valence-corrected chi connectivity index (χ0v) is 13.0. The van der Waals surface area contributed by atoms with Gasteiger partial charge in [0.05, 0.1) is 11.5 Å². The molecular weight excluding hydrogens is 300 g/mol. The highest BCUT2D eigenvalue weighted by Crippen LogP contribution is 2.32. The molecule has 1 fully saturated rings. The van der Waals surface area contributed by atoms with Gasteiger partial charge in [0.1, 0.15) is 12.4 Å². The van der Waals surface area contributed by atoms with E-state index in [4.69, 9.17) is 0 Å². The lowest BCUT2D eigenvalue weighted by atomic mass is 10.1. The minimum absolute atomic E-state index is 0.0522. The van der Waals surface area contributed by atoms with Crippen LogP contribution in [0.25, 0.3) is 0 Å². The maximum Gasteiger partial charge on any atom is 0.306 e. The van der Waals surface area contributed by atoms with E-state index in [1.807, 2.05) is 17.8 Å². The monoisotopic (exact) mass is 318 g/mol. The fourth-order valence-electron chi connectivity index (χ4n) is 2.59. The minimum Gasteiger partial charge on any atom is -0.299 e. The van der Waals surface area contributed by atoms with Crippen LogP contribution in [-0.2, 0) is 6.54 Å². The number of benzene rings is 1. The summed E-state index contributed by atoms with van der Waals surface area (Å²) in [6, 6.07) is 10.6. The molecule has 1 atom stereocenters. The first-order valence-electron chi connectivity index (χ1n) is 7.28. The van der Waals surface area contributed by atoms with Crippen LogP contribution >= 0.6 is 11.8 Å². The molecule has 1 aromatic carbocycles. The van der Waals surface area contributed by atoms with Crippen molar-refractivity contribution in [3.63, 3.8) is 0 Å². The van der Waals surface area contributed by atoms with Crippen LogP contribution in [0, 0.1) is 10.1 Å². The van der Waals surface area contributed by atoms with Gasteiger partial charge < -0.3 is 0 Å². The van der Waals surface area contributed by atoms with Gasteiger partial charge in [0.25, 0.3) is 0 Å². The topological polar surface area (TPSA) is 64.2 Å². The second kappa shape index (κ2) is 6.93. The first-order valence-corrected chi connectivity index (χ1v) is 8.33. The van der Waals surface area contributed by atoms with Crippen molar-refractivity contribution >= 4 is 17.4 Å². The Morgan fingerprint density at radius 3 is 2.86 bits per heavy atom. The van der Waals surface area contributed by atoms with Crippen LogP contribution in [0.4, 0.5) is 5.69 Å². The molecule has 7 heteroatoms. The summed E-state index contributed by atoms with van der Waals surface area (Å²) >= 11 is 2.00. The van der Waals surface area contributed by atoms with Crippen molar-refractivity contribution in [1.82, 2.24) is 14.7 Å².